The maximum Gasteiger partial charge on any atom is 0.322 e. The first-order valence-corrected chi connectivity index (χ1v) is 28.3. The molecule has 2 heterocycles. The van der Waals surface area contributed by atoms with Crippen molar-refractivity contribution in [1.29, 1.82) is 0 Å². The summed E-state index contributed by atoms with van der Waals surface area (Å²) in [7, 11) is 0. The monoisotopic (exact) mass is 1520 g/mol. The van der Waals surface area contributed by atoms with E-state index in [1.165, 1.54) is 96.9 Å². The van der Waals surface area contributed by atoms with Gasteiger partial charge < -0.3 is 47.4 Å². The highest BCUT2D eigenvalue weighted by Gasteiger charge is 2.65. The van der Waals surface area contributed by atoms with Crippen LogP contribution in [0, 0.1) is 5.92 Å². The molecule has 2 rings (SSSR count). The third-order valence-corrected chi connectivity index (χ3v) is 12.9. The van der Waals surface area contributed by atoms with Crippen LogP contribution in [0.3, 0.4) is 0 Å². The Morgan fingerprint density at radius 2 is 0.732 bits per heavy atom. The molecule has 0 bridgehead atoms. The zero-order chi connectivity index (χ0) is 55.6. The SMILES string of the molecule is CC(C)(Br)C(=O)CC1C(OC(=O)C(C)(C)Br)C(COC(=O)C(C)(C)Br)OC1(COC(=O)C(C)(C)Br)OC1OC(COC(=O)C(C)(C)Br)C(OC(=O)C(C)(C)Br)C(OC(=O)C(C)(C)Br)C1OC(=O)C(C)(C)Br. The van der Waals surface area contributed by atoms with E-state index in [1.807, 2.05) is 0 Å². The first-order chi connectivity index (χ1) is 31.5. The minimum atomic E-state index is -2.53. The molecule has 0 amide bonds. The van der Waals surface area contributed by atoms with Crippen molar-refractivity contribution in [3.05, 3.63) is 0 Å². The maximum atomic E-state index is 14.3. The van der Waals surface area contributed by atoms with Gasteiger partial charge in [0, 0.05) is 6.42 Å². The van der Waals surface area contributed by atoms with Gasteiger partial charge in [-0.05, 0) is 111 Å². The number of halogens is 8. The van der Waals surface area contributed by atoms with E-state index in [-0.39, 0.29) is 0 Å². The number of carbonyl (C=O) groups excluding carboxylic acids is 8. The molecule has 0 aromatic rings. The molecule has 0 aromatic carbocycles. The molecule has 2 aliphatic rings. The highest BCUT2D eigenvalue weighted by molar-refractivity contribution is 9.11. The van der Waals surface area contributed by atoms with Gasteiger partial charge in [-0.2, -0.15) is 0 Å². The third kappa shape index (κ3) is 19.6. The smallest absolute Gasteiger partial charge is 0.322 e. The fourth-order valence-corrected chi connectivity index (χ4v) is 6.85. The zero-order valence-electron chi connectivity index (χ0n) is 42.3. The molecule has 408 valence electrons. The lowest BCUT2D eigenvalue weighted by Crippen LogP contribution is -2.66. The van der Waals surface area contributed by atoms with Gasteiger partial charge >= 0.3 is 41.8 Å². The maximum absolute atomic E-state index is 14.3. The zero-order valence-corrected chi connectivity index (χ0v) is 55.0. The van der Waals surface area contributed by atoms with E-state index in [9.17, 15) is 38.4 Å². The van der Waals surface area contributed by atoms with Crippen LogP contribution < -0.4 is 0 Å². The summed E-state index contributed by atoms with van der Waals surface area (Å²) in [6.07, 6.45) is -13.0. The third-order valence-electron chi connectivity index (χ3n) is 10.2. The molecule has 2 fully saturated rings. The number of esters is 7. The van der Waals surface area contributed by atoms with Crippen LogP contribution in [0.4, 0.5) is 0 Å². The Kier molecular flexibility index (Phi) is 23.1. The van der Waals surface area contributed by atoms with Crippen molar-refractivity contribution in [3.63, 3.8) is 0 Å². The van der Waals surface area contributed by atoms with Gasteiger partial charge in [-0.15, -0.1) is 0 Å². The van der Waals surface area contributed by atoms with Gasteiger partial charge in [0.1, 0.15) is 74.2 Å². The summed E-state index contributed by atoms with van der Waals surface area (Å²) in [5, 5.41) is 0. The number of hydrogen-bond donors (Lipinski definition) is 0. The van der Waals surface area contributed by atoms with Crippen molar-refractivity contribution in [3.8, 4) is 0 Å². The minimum Gasteiger partial charge on any atom is -0.462 e. The minimum absolute atomic E-state index is 0.518. The van der Waals surface area contributed by atoms with Crippen LogP contribution in [-0.2, 0) is 85.7 Å². The summed E-state index contributed by atoms with van der Waals surface area (Å²) < 4.78 is 51.3. The highest BCUT2D eigenvalue weighted by atomic mass is 79.9. The lowest BCUT2D eigenvalue weighted by atomic mass is 9.85. The standard InChI is InChI=1S/C45H64Br8O18/c1-37(2,46)24(54)17-21-25(66-33(58)41(9,10)50)23(19-63-31(56)39(5,6)48)70-45(21,20-64-32(57)40(7,8)49)71-29-28(69-36(61)44(15,16)53)27(68-35(60)43(13,14)52)26(67-34(59)42(11,12)51)22(65-29)18-62-30(55)38(3,4)47/h21-23,25-29H,17-20H2,1-16H3. The molecule has 9 atom stereocenters. The van der Waals surface area contributed by atoms with Crippen molar-refractivity contribution < 1.29 is 85.7 Å². The van der Waals surface area contributed by atoms with E-state index in [0.717, 1.165) is 0 Å². The molecule has 71 heavy (non-hydrogen) atoms. The molecular formula is C45H64Br8O18. The lowest BCUT2D eigenvalue weighted by molar-refractivity contribution is -0.381. The largest absolute Gasteiger partial charge is 0.462 e. The molecule has 26 heteroatoms. The van der Waals surface area contributed by atoms with Crippen LogP contribution in [0.15, 0.2) is 0 Å². The Morgan fingerprint density at radius 1 is 0.408 bits per heavy atom. The fraction of sp³-hybridized carbons (Fsp3) is 0.822. The van der Waals surface area contributed by atoms with Crippen LogP contribution in [-0.4, -0.2) is 151 Å². The molecule has 0 radical (unpaired) electrons. The Labute approximate surface area is 482 Å². The number of hydrogen-bond acceptors (Lipinski definition) is 18. The first-order valence-electron chi connectivity index (χ1n) is 22.0. The summed E-state index contributed by atoms with van der Waals surface area (Å²) in [6, 6.07) is 0. The van der Waals surface area contributed by atoms with Gasteiger partial charge in [-0.3, -0.25) is 38.4 Å². The summed E-state index contributed by atoms with van der Waals surface area (Å²) in [5.41, 5.74) is 0. The molecule has 0 saturated carbocycles. The van der Waals surface area contributed by atoms with E-state index in [4.69, 9.17) is 47.4 Å². The van der Waals surface area contributed by atoms with Gasteiger partial charge in [0.05, 0.1) is 10.2 Å². The Hall–Kier alpha value is -0.320. The van der Waals surface area contributed by atoms with E-state index in [0.29, 0.717) is 0 Å². The number of carbonyl (C=O) groups is 8. The van der Waals surface area contributed by atoms with Crippen LogP contribution in [0.25, 0.3) is 0 Å². The predicted molar refractivity (Wildman–Crippen MR) is 287 cm³/mol. The molecular weight excluding hydrogens is 1470 g/mol. The average molecular weight is 1530 g/mol. The number of alkyl halides is 8. The van der Waals surface area contributed by atoms with Gasteiger partial charge in [0.15, 0.2) is 18.3 Å². The van der Waals surface area contributed by atoms with Crippen LogP contribution in [0.5, 0.6) is 0 Å². The second-order valence-electron chi connectivity index (χ2n) is 20.9. The number of Topliss-reactive ketones (excluding diaryl/α,β-unsaturated/α-hetero) is 1. The van der Waals surface area contributed by atoms with E-state index >= 15 is 0 Å². The molecule has 0 N–H and O–H groups in total. The van der Waals surface area contributed by atoms with Crippen molar-refractivity contribution in [2.24, 2.45) is 5.92 Å². The summed E-state index contributed by atoms with van der Waals surface area (Å²) in [6.45, 7) is 21.6. The Bertz CT molecular complexity index is 1980. The summed E-state index contributed by atoms with van der Waals surface area (Å²) in [5.74, 6) is -10.8. The molecule has 2 aliphatic heterocycles. The van der Waals surface area contributed by atoms with Gasteiger partial charge in [-0.25, -0.2) is 0 Å². The molecule has 2 saturated heterocycles. The molecule has 0 aliphatic carbocycles. The molecule has 9 unspecified atom stereocenters. The molecule has 0 aromatic heterocycles. The van der Waals surface area contributed by atoms with Gasteiger partial charge in [-0.1, -0.05) is 127 Å². The topological polar surface area (TPSA) is 229 Å². The predicted octanol–water partition coefficient (Wildman–Crippen LogP) is 9.06. The normalized spacial score (nSPS) is 25.9. The average Bonchev–Trinajstić information content (AvgIpc) is 3.44. The Morgan fingerprint density at radius 3 is 1.10 bits per heavy atom. The van der Waals surface area contributed by atoms with Crippen molar-refractivity contribution in [1.82, 2.24) is 0 Å². The number of ether oxygens (including phenoxy) is 10. The van der Waals surface area contributed by atoms with E-state index in [2.05, 4.69) is 127 Å². The lowest BCUT2D eigenvalue weighted by Gasteiger charge is -2.48. The van der Waals surface area contributed by atoms with Crippen LogP contribution in [0.2, 0.25) is 0 Å². The van der Waals surface area contributed by atoms with Crippen molar-refractivity contribution >= 4 is 175 Å². The second-order valence-corrected chi connectivity index (χ2v) is 36.8. The Balaban J connectivity index is 3.29. The number of ketones is 1. The quantitative estimate of drug-likeness (QED) is 0.0559. The fourth-order valence-electron chi connectivity index (χ4n) is 5.97. The highest BCUT2D eigenvalue weighted by Crippen LogP contribution is 2.47. The second kappa shape index (κ2) is 24.6. The van der Waals surface area contributed by atoms with Crippen LogP contribution in [0.1, 0.15) is 117 Å². The summed E-state index contributed by atoms with van der Waals surface area (Å²) in [4.78, 5) is 111. The van der Waals surface area contributed by atoms with E-state index in [1.54, 1.807) is 13.8 Å². The van der Waals surface area contributed by atoms with Crippen molar-refractivity contribution in [2.75, 3.05) is 19.8 Å². The van der Waals surface area contributed by atoms with Gasteiger partial charge in [0.2, 0.25) is 12.1 Å². The van der Waals surface area contributed by atoms with Gasteiger partial charge in [0.25, 0.3) is 0 Å². The first kappa shape index (κ1) is 66.8. The number of rotatable bonds is 22. The van der Waals surface area contributed by atoms with Crippen molar-refractivity contribution in [2.45, 2.75) is 200 Å². The summed E-state index contributed by atoms with van der Waals surface area (Å²) >= 11 is 26.5. The molecule has 0 spiro atoms. The van der Waals surface area contributed by atoms with Crippen LogP contribution >= 0.6 is 127 Å². The van der Waals surface area contributed by atoms with E-state index < -0.39 is 163 Å². The molecule has 18 nitrogen and oxygen atoms in total.